The molecule has 3 rings (SSSR count). The van der Waals surface area contributed by atoms with E-state index in [2.05, 4.69) is 5.32 Å². The van der Waals surface area contributed by atoms with Gasteiger partial charge >= 0.3 is 0 Å². The molecule has 4 nitrogen and oxygen atoms in total. The number of amides is 2. The Kier molecular flexibility index (Phi) is 5.09. The van der Waals surface area contributed by atoms with E-state index >= 15 is 0 Å². The summed E-state index contributed by atoms with van der Waals surface area (Å²) in [5, 5.41) is 3.46. The first-order valence-electron chi connectivity index (χ1n) is 8.26. The Bertz CT molecular complexity index is 891. The maximum absolute atomic E-state index is 13.5. The van der Waals surface area contributed by atoms with Gasteiger partial charge in [-0.05, 0) is 41.8 Å². The van der Waals surface area contributed by atoms with Crippen LogP contribution in [0.3, 0.4) is 0 Å². The van der Waals surface area contributed by atoms with E-state index in [1.165, 1.54) is 23.1 Å². The molecular weight excluding hydrogens is 355 g/mol. The number of hydrogen-bond donors (Lipinski definition) is 1. The van der Waals surface area contributed by atoms with Crippen LogP contribution in [0.15, 0.2) is 54.2 Å². The lowest BCUT2D eigenvalue weighted by molar-refractivity contribution is -0.137. The maximum Gasteiger partial charge on any atom is 0.278 e. The Hall–Kier alpha value is -2.66. The molecule has 1 heterocycles. The van der Waals surface area contributed by atoms with Crippen molar-refractivity contribution in [1.82, 2.24) is 4.90 Å². The number of carbonyl (C=O) groups excluding carboxylic acids is 2. The molecule has 0 bridgehead atoms. The molecule has 0 atom stereocenters. The first-order valence-corrected chi connectivity index (χ1v) is 8.63. The molecule has 134 valence electrons. The molecule has 0 unspecified atom stereocenters. The van der Waals surface area contributed by atoms with Crippen LogP contribution in [0.4, 0.5) is 10.1 Å². The van der Waals surface area contributed by atoms with Crippen LogP contribution in [-0.4, -0.2) is 23.3 Å². The van der Waals surface area contributed by atoms with E-state index in [1.807, 2.05) is 13.8 Å². The van der Waals surface area contributed by atoms with E-state index in [0.29, 0.717) is 22.8 Å². The summed E-state index contributed by atoms with van der Waals surface area (Å²) >= 11 is 5.93. The largest absolute Gasteiger partial charge is 0.350 e. The first-order chi connectivity index (χ1) is 12.4. The van der Waals surface area contributed by atoms with Gasteiger partial charge in [-0.3, -0.25) is 14.5 Å². The summed E-state index contributed by atoms with van der Waals surface area (Å²) in [6.07, 6.45) is 0. The molecule has 2 aromatic carbocycles. The van der Waals surface area contributed by atoms with Crippen LogP contribution in [0.5, 0.6) is 0 Å². The third-order valence-corrected chi connectivity index (χ3v) is 4.19. The Morgan fingerprint density at radius 1 is 1.08 bits per heavy atom. The predicted molar refractivity (Wildman–Crippen MR) is 100.0 cm³/mol. The minimum absolute atomic E-state index is 0.128. The highest BCUT2D eigenvalue weighted by atomic mass is 35.5. The van der Waals surface area contributed by atoms with Gasteiger partial charge in [0.25, 0.3) is 11.8 Å². The smallest absolute Gasteiger partial charge is 0.278 e. The minimum atomic E-state index is -0.431. The second-order valence-corrected chi connectivity index (χ2v) is 6.94. The fraction of sp³-hybridized carbons (Fsp3) is 0.200. The Morgan fingerprint density at radius 2 is 1.77 bits per heavy atom. The van der Waals surface area contributed by atoms with E-state index in [4.69, 9.17) is 11.6 Å². The fourth-order valence-corrected chi connectivity index (χ4v) is 2.94. The zero-order valence-corrected chi connectivity index (χ0v) is 15.2. The van der Waals surface area contributed by atoms with Gasteiger partial charge in [-0.2, -0.15) is 0 Å². The SMILES string of the molecule is CC(C)CN1C(=O)C(Nc2cccc(F)c2)=C(c2ccc(Cl)cc2)C1=O. The molecule has 0 radical (unpaired) electrons. The number of anilines is 1. The van der Waals surface area contributed by atoms with Gasteiger partial charge < -0.3 is 5.32 Å². The number of hydrogen-bond acceptors (Lipinski definition) is 3. The molecule has 0 aliphatic carbocycles. The predicted octanol–water partition coefficient (Wildman–Crippen LogP) is 4.33. The molecule has 1 N–H and O–H groups in total. The van der Waals surface area contributed by atoms with E-state index < -0.39 is 11.7 Å². The molecule has 1 aliphatic rings. The second kappa shape index (κ2) is 7.30. The van der Waals surface area contributed by atoms with Crippen LogP contribution in [0.1, 0.15) is 19.4 Å². The highest BCUT2D eigenvalue weighted by molar-refractivity contribution is 6.36. The highest BCUT2D eigenvalue weighted by Crippen LogP contribution is 2.31. The topological polar surface area (TPSA) is 49.4 Å². The number of nitrogens with one attached hydrogen (secondary N) is 1. The van der Waals surface area contributed by atoms with E-state index in [1.54, 1.807) is 30.3 Å². The molecule has 0 aromatic heterocycles. The van der Waals surface area contributed by atoms with Crippen LogP contribution < -0.4 is 5.32 Å². The second-order valence-electron chi connectivity index (χ2n) is 6.51. The zero-order chi connectivity index (χ0) is 18.8. The summed E-state index contributed by atoms with van der Waals surface area (Å²) in [4.78, 5) is 27.0. The minimum Gasteiger partial charge on any atom is -0.350 e. The van der Waals surface area contributed by atoms with E-state index in [0.717, 1.165) is 0 Å². The third-order valence-electron chi connectivity index (χ3n) is 3.94. The number of imide groups is 1. The maximum atomic E-state index is 13.5. The molecule has 0 spiro atoms. The van der Waals surface area contributed by atoms with Crippen molar-refractivity contribution in [2.75, 3.05) is 11.9 Å². The monoisotopic (exact) mass is 372 g/mol. The number of halogens is 2. The summed E-state index contributed by atoms with van der Waals surface area (Å²) in [6, 6.07) is 12.5. The summed E-state index contributed by atoms with van der Waals surface area (Å²) in [6.45, 7) is 4.17. The van der Waals surface area contributed by atoms with Crippen LogP contribution in [-0.2, 0) is 9.59 Å². The van der Waals surface area contributed by atoms with Gasteiger partial charge in [-0.15, -0.1) is 0 Å². The zero-order valence-electron chi connectivity index (χ0n) is 14.4. The van der Waals surface area contributed by atoms with Gasteiger partial charge in [-0.1, -0.05) is 43.6 Å². The molecule has 1 aliphatic heterocycles. The van der Waals surface area contributed by atoms with Crippen molar-refractivity contribution in [2.24, 2.45) is 5.92 Å². The lowest BCUT2D eigenvalue weighted by atomic mass is 10.0. The first kappa shape index (κ1) is 18.1. The Labute approximate surface area is 156 Å². The number of carbonyl (C=O) groups is 2. The molecule has 6 heteroatoms. The van der Waals surface area contributed by atoms with Crippen LogP contribution >= 0.6 is 11.6 Å². The molecule has 0 saturated heterocycles. The number of benzene rings is 2. The van der Waals surface area contributed by atoms with Crippen molar-refractivity contribution >= 4 is 34.7 Å². The standard InChI is InChI=1S/C20H18ClFN2O2/c1-12(2)11-24-19(25)17(13-6-8-14(21)9-7-13)18(20(24)26)23-16-5-3-4-15(22)10-16/h3-10,12,23H,11H2,1-2H3. The highest BCUT2D eigenvalue weighted by Gasteiger charge is 2.39. The molecule has 26 heavy (non-hydrogen) atoms. The normalized spacial score (nSPS) is 14.6. The van der Waals surface area contributed by atoms with Crippen molar-refractivity contribution in [2.45, 2.75) is 13.8 Å². The number of nitrogens with zero attached hydrogens (tertiary/aromatic N) is 1. The molecule has 0 fully saturated rings. The van der Waals surface area contributed by atoms with Crippen LogP contribution in [0.2, 0.25) is 5.02 Å². The quantitative estimate of drug-likeness (QED) is 0.795. The lowest BCUT2D eigenvalue weighted by Crippen LogP contribution is -2.35. The fourth-order valence-electron chi connectivity index (χ4n) is 2.82. The van der Waals surface area contributed by atoms with E-state index in [9.17, 15) is 14.0 Å². The van der Waals surface area contributed by atoms with Crippen LogP contribution in [0.25, 0.3) is 5.57 Å². The summed E-state index contributed by atoms with van der Waals surface area (Å²) in [7, 11) is 0. The number of rotatable bonds is 5. The van der Waals surface area contributed by atoms with Crippen molar-refractivity contribution in [3.05, 3.63) is 70.6 Å². The van der Waals surface area contributed by atoms with Gasteiger partial charge in [0.2, 0.25) is 0 Å². The summed E-state index contributed by atoms with van der Waals surface area (Å²) in [5.41, 5.74) is 1.39. The molecule has 0 saturated carbocycles. The lowest BCUT2D eigenvalue weighted by Gasteiger charge is -2.17. The summed E-state index contributed by atoms with van der Waals surface area (Å²) in [5.74, 6) is -1.09. The third kappa shape index (κ3) is 3.63. The Balaban J connectivity index is 2.06. The average Bonchev–Trinajstić information content (AvgIpc) is 2.80. The van der Waals surface area contributed by atoms with Gasteiger partial charge in [-0.25, -0.2) is 4.39 Å². The van der Waals surface area contributed by atoms with Gasteiger partial charge in [0.05, 0.1) is 5.57 Å². The average molecular weight is 373 g/mol. The van der Waals surface area contributed by atoms with Crippen molar-refractivity contribution in [3.8, 4) is 0 Å². The molecule has 2 aromatic rings. The van der Waals surface area contributed by atoms with Gasteiger partial charge in [0, 0.05) is 17.3 Å². The van der Waals surface area contributed by atoms with Gasteiger partial charge in [0.1, 0.15) is 11.5 Å². The van der Waals surface area contributed by atoms with Crippen molar-refractivity contribution in [1.29, 1.82) is 0 Å². The molecular formula is C20H18ClFN2O2. The Morgan fingerprint density at radius 3 is 2.38 bits per heavy atom. The van der Waals surface area contributed by atoms with E-state index in [-0.39, 0.29) is 23.1 Å². The molecule has 2 amide bonds. The van der Waals surface area contributed by atoms with Crippen LogP contribution in [0, 0.1) is 11.7 Å². The van der Waals surface area contributed by atoms with Crippen molar-refractivity contribution in [3.63, 3.8) is 0 Å². The van der Waals surface area contributed by atoms with Gasteiger partial charge in [0.15, 0.2) is 0 Å². The van der Waals surface area contributed by atoms with Crippen molar-refractivity contribution < 1.29 is 14.0 Å². The summed E-state index contributed by atoms with van der Waals surface area (Å²) < 4.78 is 13.5.